The van der Waals surface area contributed by atoms with Crippen LogP contribution in [-0.4, -0.2) is 35.2 Å². The molecule has 8 heteroatoms. The number of rotatable bonds is 3. The molecule has 1 aliphatic rings. The Morgan fingerprint density at radius 2 is 2.12 bits per heavy atom. The van der Waals surface area contributed by atoms with Gasteiger partial charge in [0.15, 0.2) is 0 Å². The van der Waals surface area contributed by atoms with Crippen LogP contribution in [0.15, 0.2) is 34.9 Å². The number of amides is 1. The van der Waals surface area contributed by atoms with Gasteiger partial charge in [-0.15, -0.1) is 0 Å². The molecule has 1 atom stereocenters. The average molecular weight is 353 g/mol. The molecule has 1 aromatic heterocycles. The van der Waals surface area contributed by atoms with Crippen molar-refractivity contribution in [1.29, 1.82) is 0 Å². The third-order valence-corrected chi connectivity index (χ3v) is 4.26. The molecule has 1 aliphatic heterocycles. The maximum absolute atomic E-state index is 12.6. The smallest absolute Gasteiger partial charge is 0.394 e. The zero-order valence-corrected chi connectivity index (χ0v) is 13.4. The van der Waals surface area contributed by atoms with E-state index < -0.39 is 12.6 Å². The van der Waals surface area contributed by atoms with Crippen molar-refractivity contribution >= 4 is 11.6 Å². The fourth-order valence-corrected chi connectivity index (χ4v) is 3.07. The number of halogens is 3. The molecule has 1 amide bonds. The summed E-state index contributed by atoms with van der Waals surface area (Å²) in [4.78, 5) is 14.3. The lowest BCUT2D eigenvalue weighted by Gasteiger charge is -2.31. The molecule has 1 saturated heterocycles. The van der Waals surface area contributed by atoms with Gasteiger partial charge in [-0.2, -0.15) is 13.2 Å². The summed E-state index contributed by atoms with van der Waals surface area (Å²) in [5.41, 5.74) is 6.55. The summed E-state index contributed by atoms with van der Waals surface area (Å²) in [5, 5.41) is 3.50. The molecule has 1 aromatic carbocycles. The maximum Gasteiger partial charge on any atom is 0.394 e. The number of piperidine rings is 1. The zero-order valence-electron chi connectivity index (χ0n) is 13.4. The van der Waals surface area contributed by atoms with Crippen LogP contribution in [0.3, 0.4) is 0 Å². The molecule has 5 nitrogen and oxygen atoms in total. The molecule has 2 N–H and O–H groups in total. The molecule has 3 rings (SSSR count). The summed E-state index contributed by atoms with van der Waals surface area (Å²) in [6.07, 6.45) is -3.98. The van der Waals surface area contributed by atoms with Crippen LogP contribution in [0.1, 0.15) is 40.6 Å². The minimum absolute atomic E-state index is 0.141. The Bertz CT molecular complexity index is 758. The van der Waals surface area contributed by atoms with E-state index in [-0.39, 0.29) is 17.5 Å². The van der Waals surface area contributed by atoms with Crippen molar-refractivity contribution in [3.05, 3.63) is 47.3 Å². The highest BCUT2D eigenvalue weighted by molar-refractivity contribution is 5.99. The Kier molecular flexibility index (Phi) is 4.69. The van der Waals surface area contributed by atoms with Crippen molar-refractivity contribution in [3.63, 3.8) is 0 Å². The van der Waals surface area contributed by atoms with Gasteiger partial charge in [0.2, 0.25) is 0 Å². The van der Waals surface area contributed by atoms with E-state index in [2.05, 4.69) is 5.16 Å². The standard InChI is InChI=1S/C17H18F3N3O2/c18-17(19,20)9-12-8-15(25-22-12)11-4-3-7-23(10-11)16(24)13-5-1-2-6-14(13)21/h1-2,5-6,8,11H,3-4,7,9-10,21H2/t11-/m1/s1. The van der Waals surface area contributed by atoms with Crippen LogP contribution in [-0.2, 0) is 6.42 Å². The molecule has 2 aromatic rings. The Morgan fingerprint density at radius 1 is 1.36 bits per heavy atom. The van der Waals surface area contributed by atoms with Gasteiger partial charge in [-0.3, -0.25) is 4.79 Å². The maximum atomic E-state index is 12.6. The van der Waals surface area contributed by atoms with Gasteiger partial charge in [0.25, 0.3) is 5.91 Å². The lowest BCUT2D eigenvalue weighted by atomic mass is 9.94. The van der Waals surface area contributed by atoms with E-state index in [4.69, 9.17) is 10.3 Å². The quantitative estimate of drug-likeness (QED) is 0.859. The predicted octanol–water partition coefficient (Wildman–Crippen LogP) is 3.38. The third-order valence-electron chi connectivity index (χ3n) is 4.26. The summed E-state index contributed by atoms with van der Waals surface area (Å²) in [5.74, 6) is 0.0349. The Morgan fingerprint density at radius 3 is 2.84 bits per heavy atom. The lowest BCUT2D eigenvalue weighted by Crippen LogP contribution is -2.39. The highest BCUT2D eigenvalue weighted by Crippen LogP contribution is 2.30. The van der Waals surface area contributed by atoms with E-state index in [1.807, 2.05) is 0 Å². The number of likely N-dealkylation sites (tertiary alicyclic amines) is 1. The molecule has 0 spiro atoms. The molecule has 2 heterocycles. The molecule has 0 saturated carbocycles. The van der Waals surface area contributed by atoms with Gasteiger partial charge in [0, 0.05) is 30.8 Å². The van der Waals surface area contributed by atoms with Gasteiger partial charge >= 0.3 is 6.18 Å². The number of nitrogen functional groups attached to an aromatic ring is 1. The van der Waals surface area contributed by atoms with E-state index in [1.54, 1.807) is 29.2 Å². The topological polar surface area (TPSA) is 72.4 Å². The fourth-order valence-electron chi connectivity index (χ4n) is 3.07. The van der Waals surface area contributed by atoms with E-state index >= 15 is 0 Å². The number of hydrogen-bond donors (Lipinski definition) is 1. The van der Waals surface area contributed by atoms with Crippen molar-refractivity contribution in [1.82, 2.24) is 10.1 Å². The van der Waals surface area contributed by atoms with Gasteiger partial charge < -0.3 is 15.2 Å². The monoisotopic (exact) mass is 353 g/mol. The van der Waals surface area contributed by atoms with Gasteiger partial charge in [0.05, 0.1) is 17.7 Å². The normalized spacial score (nSPS) is 18.4. The largest absolute Gasteiger partial charge is 0.398 e. The fraction of sp³-hybridized carbons (Fsp3) is 0.412. The summed E-state index contributed by atoms with van der Waals surface area (Å²) < 4.78 is 42.4. The van der Waals surface area contributed by atoms with Crippen molar-refractivity contribution < 1.29 is 22.5 Å². The molecule has 0 radical (unpaired) electrons. The summed E-state index contributed by atoms with van der Waals surface area (Å²) in [6, 6.07) is 8.15. The number of anilines is 1. The van der Waals surface area contributed by atoms with Crippen LogP contribution < -0.4 is 5.73 Å². The van der Waals surface area contributed by atoms with Crippen LogP contribution in [0.25, 0.3) is 0 Å². The van der Waals surface area contributed by atoms with Gasteiger partial charge in [-0.25, -0.2) is 0 Å². The Labute approximate surface area is 142 Å². The highest BCUT2D eigenvalue weighted by atomic mass is 19.4. The number of para-hydroxylation sites is 1. The molecule has 0 aliphatic carbocycles. The third kappa shape index (κ3) is 4.12. The second-order valence-corrected chi connectivity index (χ2v) is 6.19. The van der Waals surface area contributed by atoms with Gasteiger partial charge in [0.1, 0.15) is 5.76 Å². The first-order valence-corrected chi connectivity index (χ1v) is 7.99. The van der Waals surface area contributed by atoms with Crippen LogP contribution in [0, 0.1) is 0 Å². The second kappa shape index (κ2) is 6.78. The van der Waals surface area contributed by atoms with Crippen molar-refractivity contribution in [2.75, 3.05) is 18.8 Å². The van der Waals surface area contributed by atoms with E-state index in [1.165, 1.54) is 6.07 Å². The first-order chi connectivity index (χ1) is 11.8. The predicted molar refractivity (Wildman–Crippen MR) is 85.0 cm³/mol. The average Bonchev–Trinajstić information content (AvgIpc) is 3.01. The minimum Gasteiger partial charge on any atom is -0.398 e. The summed E-state index contributed by atoms with van der Waals surface area (Å²) >= 11 is 0. The summed E-state index contributed by atoms with van der Waals surface area (Å²) in [7, 11) is 0. The SMILES string of the molecule is Nc1ccccc1C(=O)N1CCC[C@@H](c2cc(CC(F)(F)F)no2)C1. The zero-order chi connectivity index (χ0) is 18.0. The van der Waals surface area contributed by atoms with Crippen LogP contribution in [0.5, 0.6) is 0 Å². The molecule has 0 unspecified atom stereocenters. The van der Waals surface area contributed by atoms with Gasteiger partial charge in [-0.1, -0.05) is 17.3 Å². The second-order valence-electron chi connectivity index (χ2n) is 6.19. The van der Waals surface area contributed by atoms with Crippen LogP contribution >= 0.6 is 0 Å². The van der Waals surface area contributed by atoms with Crippen LogP contribution in [0.4, 0.5) is 18.9 Å². The highest BCUT2D eigenvalue weighted by Gasteiger charge is 2.32. The molecule has 1 fully saturated rings. The first kappa shape index (κ1) is 17.3. The van der Waals surface area contributed by atoms with Crippen LogP contribution in [0.2, 0.25) is 0 Å². The summed E-state index contributed by atoms with van der Waals surface area (Å²) in [6.45, 7) is 0.945. The van der Waals surface area contributed by atoms with Crippen molar-refractivity contribution in [2.24, 2.45) is 0 Å². The van der Waals surface area contributed by atoms with Gasteiger partial charge in [-0.05, 0) is 25.0 Å². The molecule has 134 valence electrons. The number of nitrogens with zero attached hydrogens (tertiary/aromatic N) is 2. The first-order valence-electron chi connectivity index (χ1n) is 7.99. The number of carbonyl (C=O) groups excluding carboxylic acids is 1. The number of carbonyl (C=O) groups is 1. The molecule has 0 bridgehead atoms. The number of nitrogens with two attached hydrogens (primary N) is 1. The van der Waals surface area contributed by atoms with E-state index in [0.29, 0.717) is 30.1 Å². The van der Waals surface area contributed by atoms with E-state index in [9.17, 15) is 18.0 Å². The number of benzene rings is 1. The Balaban J connectivity index is 1.71. The Hall–Kier alpha value is -2.51. The number of alkyl halides is 3. The minimum atomic E-state index is -4.33. The molecular weight excluding hydrogens is 335 g/mol. The number of aromatic nitrogens is 1. The lowest BCUT2D eigenvalue weighted by molar-refractivity contribution is -0.128. The molecular formula is C17H18F3N3O2. The van der Waals surface area contributed by atoms with Crippen molar-refractivity contribution in [2.45, 2.75) is 31.4 Å². The number of hydrogen-bond acceptors (Lipinski definition) is 4. The molecule has 25 heavy (non-hydrogen) atoms. The van der Waals surface area contributed by atoms with E-state index in [0.717, 1.165) is 12.8 Å². The van der Waals surface area contributed by atoms with Crippen molar-refractivity contribution in [3.8, 4) is 0 Å².